The van der Waals surface area contributed by atoms with Crippen LogP contribution < -0.4 is 15.2 Å². The molecule has 0 bridgehead atoms. The van der Waals surface area contributed by atoms with Crippen LogP contribution in [0.1, 0.15) is 32.3 Å². The number of rotatable bonds is 7. The molecular weight excluding hydrogens is 268 g/mol. The third-order valence-electron chi connectivity index (χ3n) is 3.80. The molecule has 2 rings (SSSR count). The second-order valence-corrected chi connectivity index (χ2v) is 5.48. The average molecular weight is 292 g/mol. The van der Waals surface area contributed by atoms with Gasteiger partial charge in [0.2, 0.25) is 12.7 Å². The highest BCUT2D eigenvalue weighted by atomic mass is 16.7. The van der Waals surface area contributed by atoms with Gasteiger partial charge in [0.1, 0.15) is 0 Å². The second kappa shape index (κ2) is 7.31. The van der Waals surface area contributed by atoms with E-state index in [0.29, 0.717) is 32.0 Å². The number of fused-ring (bicyclic) bond motifs is 1. The Labute approximate surface area is 126 Å². The Morgan fingerprint density at radius 2 is 2.14 bits per heavy atom. The van der Waals surface area contributed by atoms with Gasteiger partial charge in [0.15, 0.2) is 11.5 Å². The molecule has 0 saturated heterocycles. The largest absolute Gasteiger partial charge is 0.454 e. The Bertz CT molecular complexity index is 490. The minimum Gasteiger partial charge on any atom is -0.454 e. The SMILES string of the molecule is CCN(Cc1ccc2c(c1)OCO2)C(=O)CCC(C)CN. The first-order valence-corrected chi connectivity index (χ1v) is 7.50. The van der Waals surface area contributed by atoms with E-state index in [0.717, 1.165) is 23.5 Å². The molecule has 0 aliphatic carbocycles. The number of amides is 1. The van der Waals surface area contributed by atoms with E-state index >= 15 is 0 Å². The van der Waals surface area contributed by atoms with E-state index in [1.54, 1.807) is 0 Å². The number of hydrogen-bond acceptors (Lipinski definition) is 4. The molecule has 2 N–H and O–H groups in total. The van der Waals surface area contributed by atoms with E-state index in [1.165, 1.54) is 0 Å². The molecule has 1 aliphatic rings. The van der Waals surface area contributed by atoms with Crippen molar-refractivity contribution in [3.8, 4) is 11.5 Å². The summed E-state index contributed by atoms with van der Waals surface area (Å²) in [5, 5.41) is 0. The van der Waals surface area contributed by atoms with E-state index in [2.05, 4.69) is 6.92 Å². The number of nitrogens with zero attached hydrogens (tertiary/aromatic N) is 1. The highest BCUT2D eigenvalue weighted by Gasteiger charge is 2.17. The van der Waals surface area contributed by atoms with E-state index in [9.17, 15) is 4.79 Å². The summed E-state index contributed by atoms with van der Waals surface area (Å²) in [5.74, 6) is 2.09. The molecule has 0 saturated carbocycles. The second-order valence-electron chi connectivity index (χ2n) is 5.48. The predicted octanol–water partition coefficient (Wildman–Crippen LogP) is 2.14. The lowest BCUT2D eigenvalue weighted by Crippen LogP contribution is -2.30. The molecule has 1 amide bonds. The van der Waals surface area contributed by atoms with Gasteiger partial charge in [0.25, 0.3) is 0 Å². The molecule has 1 aliphatic heterocycles. The Hall–Kier alpha value is -1.75. The quantitative estimate of drug-likeness (QED) is 0.836. The molecular formula is C16H24N2O3. The molecule has 1 aromatic carbocycles. The molecule has 0 fully saturated rings. The van der Waals surface area contributed by atoms with Gasteiger partial charge in [-0.3, -0.25) is 4.79 Å². The van der Waals surface area contributed by atoms with Crippen LogP contribution in [0.4, 0.5) is 0 Å². The summed E-state index contributed by atoms with van der Waals surface area (Å²) in [7, 11) is 0. The normalized spacial score (nSPS) is 14.0. The summed E-state index contributed by atoms with van der Waals surface area (Å²) < 4.78 is 10.7. The summed E-state index contributed by atoms with van der Waals surface area (Å²) in [4.78, 5) is 14.1. The van der Waals surface area contributed by atoms with Crippen molar-refractivity contribution in [3.05, 3.63) is 23.8 Å². The van der Waals surface area contributed by atoms with Gasteiger partial charge in [0.05, 0.1) is 0 Å². The fraction of sp³-hybridized carbons (Fsp3) is 0.562. The Morgan fingerprint density at radius 1 is 1.38 bits per heavy atom. The van der Waals surface area contributed by atoms with Gasteiger partial charge in [-0.1, -0.05) is 13.0 Å². The monoisotopic (exact) mass is 292 g/mol. The highest BCUT2D eigenvalue weighted by Crippen LogP contribution is 2.32. The van der Waals surface area contributed by atoms with Crippen LogP contribution in [0.15, 0.2) is 18.2 Å². The van der Waals surface area contributed by atoms with Gasteiger partial charge in [-0.25, -0.2) is 0 Å². The van der Waals surface area contributed by atoms with Crippen LogP contribution in [-0.4, -0.2) is 30.7 Å². The topological polar surface area (TPSA) is 64.8 Å². The zero-order valence-corrected chi connectivity index (χ0v) is 12.8. The number of hydrogen-bond donors (Lipinski definition) is 1. The summed E-state index contributed by atoms with van der Waals surface area (Å²) in [6.07, 6.45) is 1.39. The maximum Gasteiger partial charge on any atom is 0.231 e. The van der Waals surface area contributed by atoms with E-state index in [1.807, 2.05) is 30.0 Å². The first-order valence-electron chi connectivity index (χ1n) is 7.50. The van der Waals surface area contributed by atoms with E-state index in [-0.39, 0.29) is 12.7 Å². The molecule has 0 aromatic heterocycles. The van der Waals surface area contributed by atoms with Crippen LogP contribution in [0.3, 0.4) is 0 Å². The molecule has 1 atom stereocenters. The number of nitrogens with two attached hydrogens (primary N) is 1. The minimum absolute atomic E-state index is 0.176. The van der Waals surface area contributed by atoms with Crippen molar-refractivity contribution in [1.82, 2.24) is 4.90 Å². The molecule has 1 heterocycles. The van der Waals surface area contributed by atoms with Crippen molar-refractivity contribution < 1.29 is 14.3 Å². The smallest absolute Gasteiger partial charge is 0.231 e. The number of ether oxygens (including phenoxy) is 2. The fourth-order valence-corrected chi connectivity index (χ4v) is 2.28. The molecule has 1 unspecified atom stereocenters. The van der Waals surface area contributed by atoms with Gasteiger partial charge in [0, 0.05) is 19.5 Å². The van der Waals surface area contributed by atoms with E-state index in [4.69, 9.17) is 15.2 Å². The summed E-state index contributed by atoms with van der Waals surface area (Å²) >= 11 is 0. The van der Waals surface area contributed by atoms with Crippen molar-refractivity contribution in [3.63, 3.8) is 0 Å². The van der Waals surface area contributed by atoms with E-state index < -0.39 is 0 Å². The summed E-state index contributed by atoms with van der Waals surface area (Å²) in [6, 6.07) is 5.82. The summed E-state index contributed by atoms with van der Waals surface area (Å²) in [5.41, 5.74) is 6.65. The maximum atomic E-state index is 12.3. The molecule has 1 aromatic rings. The van der Waals surface area contributed by atoms with Crippen LogP contribution in [-0.2, 0) is 11.3 Å². The van der Waals surface area contributed by atoms with Crippen LogP contribution >= 0.6 is 0 Å². The Balaban J connectivity index is 1.93. The Morgan fingerprint density at radius 3 is 2.86 bits per heavy atom. The van der Waals surface area contributed by atoms with Crippen molar-refractivity contribution in [1.29, 1.82) is 0 Å². The maximum absolute atomic E-state index is 12.3. The van der Waals surface area contributed by atoms with Crippen LogP contribution in [0.25, 0.3) is 0 Å². The third-order valence-corrected chi connectivity index (χ3v) is 3.80. The standard InChI is InChI=1S/C16H24N2O3/c1-3-18(16(19)7-4-12(2)9-17)10-13-5-6-14-15(8-13)21-11-20-14/h5-6,8,12H,3-4,7,9-11,17H2,1-2H3. The highest BCUT2D eigenvalue weighted by molar-refractivity contribution is 5.76. The number of carbonyl (C=O) groups excluding carboxylic acids is 1. The van der Waals surface area contributed by atoms with Crippen LogP contribution in [0.2, 0.25) is 0 Å². The zero-order chi connectivity index (χ0) is 15.2. The molecule has 5 nitrogen and oxygen atoms in total. The lowest BCUT2D eigenvalue weighted by Gasteiger charge is -2.22. The van der Waals surface area contributed by atoms with Crippen molar-refractivity contribution in [2.45, 2.75) is 33.2 Å². The minimum atomic E-state index is 0.176. The molecule has 21 heavy (non-hydrogen) atoms. The number of carbonyl (C=O) groups is 1. The van der Waals surface area contributed by atoms with Gasteiger partial charge < -0.3 is 20.1 Å². The molecule has 0 radical (unpaired) electrons. The van der Waals surface area contributed by atoms with Gasteiger partial charge >= 0.3 is 0 Å². The Kier molecular flexibility index (Phi) is 5.44. The third kappa shape index (κ3) is 4.11. The molecule has 5 heteroatoms. The van der Waals surface area contributed by atoms with Gasteiger partial charge in [-0.15, -0.1) is 0 Å². The average Bonchev–Trinajstić information content (AvgIpc) is 2.97. The first kappa shape index (κ1) is 15.6. The van der Waals surface area contributed by atoms with Crippen LogP contribution in [0, 0.1) is 5.92 Å². The number of benzene rings is 1. The van der Waals surface area contributed by atoms with Crippen molar-refractivity contribution in [2.24, 2.45) is 11.7 Å². The first-order chi connectivity index (χ1) is 10.1. The van der Waals surface area contributed by atoms with Gasteiger partial charge in [-0.2, -0.15) is 0 Å². The molecule has 0 spiro atoms. The lowest BCUT2D eigenvalue weighted by molar-refractivity contribution is -0.131. The summed E-state index contributed by atoms with van der Waals surface area (Å²) in [6.45, 7) is 6.26. The van der Waals surface area contributed by atoms with Crippen molar-refractivity contribution >= 4 is 5.91 Å². The van der Waals surface area contributed by atoms with Crippen molar-refractivity contribution in [2.75, 3.05) is 19.9 Å². The van der Waals surface area contributed by atoms with Crippen LogP contribution in [0.5, 0.6) is 11.5 Å². The fourth-order valence-electron chi connectivity index (χ4n) is 2.28. The lowest BCUT2D eigenvalue weighted by atomic mass is 10.1. The van der Waals surface area contributed by atoms with Gasteiger partial charge in [-0.05, 0) is 43.5 Å². The zero-order valence-electron chi connectivity index (χ0n) is 12.8. The molecule has 116 valence electrons. The predicted molar refractivity (Wildman–Crippen MR) is 81.1 cm³/mol.